The highest BCUT2D eigenvalue weighted by Gasteiger charge is 2.15. The number of rotatable bonds is 8. The molecule has 7 rings (SSSR count). The smallest absolute Gasteiger partial charge is 0.0542 e. The Kier molecular flexibility index (Phi) is 6.09. The first-order valence-electron chi connectivity index (χ1n) is 13.1. The summed E-state index contributed by atoms with van der Waals surface area (Å²) in [5, 5.41) is 7.79. The minimum absolute atomic E-state index is 1.21. The highest BCUT2D eigenvalue weighted by Crippen LogP contribution is 2.47. The Morgan fingerprint density at radius 1 is 0.583 bits per heavy atom. The molecule has 0 fully saturated rings. The van der Waals surface area contributed by atoms with Gasteiger partial charge in [0.15, 0.2) is 0 Å². The summed E-state index contributed by atoms with van der Waals surface area (Å²) in [5.41, 5.74) is 2.82. The molecule has 36 heavy (non-hydrogen) atoms. The maximum absolute atomic E-state index is 2.44. The molecule has 0 spiro atoms. The first-order valence-corrected chi connectivity index (χ1v) is 16.4. The summed E-state index contributed by atoms with van der Waals surface area (Å²) in [7, 11) is 0. The molecule has 0 atom stereocenters. The molecule has 0 aliphatic rings. The summed E-state index contributed by atoms with van der Waals surface area (Å²) in [4.78, 5) is 1.38. The molecule has 0 unspecified atom stereocenters. The Hall–Kier alpha value is -2.24. The Labute approximate surface area is 227 Å². The van der Waals surface area contributed by atoms with E-state index < -0.39 is 0 Å². The Morgan fingerprint density at radius 3 is 2.06 bits per heavy atom. The lowest BCUT2D eigenvalue weighted by Crippen LogP contribution is -1.86. The SMILES string of the molecule is CCCCCCCCc1ccc(-c2cc3cc4c(cc3s2)sc2c3cc5ccsc5cc3sc42)cc1. The molecule has 0 aliphatic heterocycles. The molecule has 0 radical (unpaired) electrons. The predicted octanol–water partition coefficient (Wildman–Crippen LogP) is 12.3. The highest BCUT2D eigenvalue weighted by molar-refractivity contribution is 7.37. The van der Waals surface area contributed by atoms with Crippen molar-refractivity contribution in [2.45, 2.75) is 51.9 Å². The van der Waals surface area contributed by atoms with E-state index in [-0.39, 0.29) is 0 Å². The molecule has 180 valence electrons. The van der Waals surface area contributed by atoms with Gasteiger partial charge in [-0.15, -0.1) is 45.3 Å². The standard InChI is InChI=1S/C32H28S4/c1-2-3-4-5-6-7-8-20-9-11-21(12-10-20)27-17-23-16-25-30(19-28(23)34-27)36-31-24-15-22-13-14-33-26(22)18-29(24)35-32(25)31/h9-19H,2-8H2,1H3. The van der Waals surface area contributed by atoms with Crippen molar-refractivity contribution in [3.8, 4) is 10.4 Å². The van der Waals surface area contributed by atoms with Crippen LogP contribution in [0.4, 0.5) is 0 Å². The predicted molar refractivity (Wildman–Crippen MR) is 168 cm³/mol. The molecule has 0 saturated carbocycles. The number of fused-ring (bicyclic) bond motifs is 7. The minimum atomic E-state index is 1.21. The Bertz CT molecular complexity index is 1820. The van der Waals surface area contributed by atoms with Crippen LogP contribution in [0.15, 0.2) is 66.0 Å². The fourth-order valence-corrected chi connectivity index (χ4v) is 10.1. The van der Waals surface area contributed by atoms with Gasteiger partial charge in [-0.05, 0) is 76.5 Å². The lowest BCUT2D eigenvalue weighted by molar-refractivity contribution is 0.607. The summed E-state index contributed by atoms with van der Waals surface area (Å²) in [6.45, 7) is 2.28. The van der Waals surface area contributed by atoms with Gasteiger partial charge in [0, 0.05) is 34.4 Å². The largest absolute Gasteiger partial charge is 0.144 e. The van der Waals surface area contributed by atoms with Gasteiger partial charge in [-0.2, -0.15) is 0 Å². The van der Waals surface area contributed by atoms with Crippen LogP contribution in [0.25, 0.3) is 60.2 Å². The third kappa shape index (κ3) is 4.09. The van der Waals surface area contributed by atoms with Crippen LogP contribution in [0.3, 0.4) is 0 Å². The van der Waals surface area contributed by atoms with Gasteiger partial charge in [-0.3, -0.25) is 0 Å². The third-order valence-corrected chi connectivity index (χ3v) is 11.9. The molecule has 0 N–H and O–H groups in total. The van der Waals surface area contributed by atoms with Crippen molar-refractivity contribution in [3.05, 3.63) is 71.6 Å². The molecule has 0 aliphatic carbocycles. The molecule has 7 aromatic rings. The lowest BCUT2D eigenvalue weighted by Gasteiger charge is -2.03. The second-order valence-corrected chi connectivity index (χ2v) is 14.0. The second-order valence-electron chi connectivity index (χ2n) is 9.88. The summed E-state index contributed by atoms with van der Waals surface area (Å²) < 4.78 is 8.53. The van der Waals surface area contributed by atoms with E-state index in [9.17, 15) is 0 Å². The fourth-order valence-electron chi connectivity index (χ4n) is 5.34. The molecule has 0 bridgehead atoms. The molecule has 0 nitrogen and oxygen atoms in total. The van der Waals surface area contributed by atoms with E-state index in [4.69, 9.17) is 0 Å². The van der Waals surface area contributed by atoms with E-state index in [1.807, 2.05) is 45.3 Å². The van der Waals surface area contributed by atoms with Gasteiger partial charge >= 0.3 is 0 Å². The van der Waals surface area contributed by atoms with E-state index in [2.05, 4.69) is 73.0 Å². The maximum atomic E-state index is 2.44. The van der Waals surface area contributed by atoms with Crippen LogP contribution >= 0.6 is 45.3 Å². The van der Waals surface area contributed by atoms with Crippen LogP contribution < -0.4 is 0 Å². The molecule has 0 amide bonds. The minimum Gasteiger partial charge on any atom is -0.144 e. The molecule has 4 heteroatoms. The summed E-state index contributed by atoms with van der Waals surface area (Å²) in [6, 6.07) is 23.6. The number of aryl methyl sites for hydroxylation is 1. The average Bonchev–Trinajstić information content (AvgIpc) is 3.66. The van der Waals surface area contributed by atoms with E-state index in [1.54, 1.807) is 0 Å². The van der Waals surface area contributed by atoms with Gasteiger partial charge in [-0.25, -0.2) is 0 Å². The van der Waals surface area contributed by atoms with Gasteiger partial charge in [0.25, 0.3) is 0 Å². The Balaban J connectivity index is 1.17. The molecule has 3 aromatic carbocycles. The molecular weight excluding hydrogens is 513 g/mol. The summed E-state index contributed by atoms with van der Waals surface area (Å²) >= 11 is 7.70. The van der Waals surface area contributed by atoms with E-state index in [1.165, 1.54) is 111 Å². The van der Waals surface area contributed by atoms with Crippen LogP contribution in [0.1, 0.15) is 51.0 Å². The van der Waals surface area contributed by atoms with Crippen LogP contribution in [-0.4, -0.2) is 0 Å². The van der Waals surface area contributed by atoms with E-state index in [0.717, 1.165) is 0 Å². The van der Waals surface area contributed by atoms with Crippen molar-refractivity contribution in [2.24, 2.45) is 0 Å². The monoisotopic (exact) mass is 540 g/mol. The number of thiophene rings is 4. The van der Waals surface area contributed by atoms with Crippen LogP contribution in [0.2, 0.25) is 0 Å². The van der Waals surface area contributed by atoms with Gasteiger partial charge in [0.05, 0.1) is 9.40 Å². The van der Waals surface area contributed by atoms with E-state index in [0.29, 0.717) is 0 Å². The van der Waals surface area contributed by atoms with Crippen LogP contribution in [0.5, 0.6) is 0 Å². The van der Waals surface area contributed by atoms with Crippen molar-refractivity contribution in [3.63, 3.8) is 0 Å². The summed E-state index contributed by atoms with van der Waals surface area (Å²) in [5.74, 6) is 0. The third-order valence-electron chi connectivity index (χ3n) is 7.35. The van der Waals surface area contributed by atoms with Crippen LogP contribution in [0, 0.1) is 0 Å². The van der Waals surface area contributed by atoms with Gasteiger partial charge < -0.3 is 0 Å². The van der Waals surface area contributed by atoms with Gasteiger partial charge in [-0.1, -0.05) is 63.3 Å². The van der Waals surface area contributed by atoms with Crippen molar-refractivity contribution in [1.29, 1.82) is 0 Å². The number of hydrogen-bond donors (Lipinski definition) is 0. The van der Waals surface area contributed by atoms with E-state index >= 15 is 0 Å². The first kappa shape index (κ1) is 22.9. The van der Waals surface area contributed by atoms with Crippen molar-refractivity contribution < 1.29 is 0 Å². The molecule has 4 aromatic heterocycles. The topological polar surface area (TPSA) is 0 Å². The fraction of sp³-hybridized carbons (Fsp3) is 0.250. The lowest BCUT2D eigenvalue weighted by atomic mass is 10.0. The average molecular weight is 541 g/mol. The van der Waals surface area contributed by atoms with Crippen molar-refractivity contribution in [2.75, 3.05) is 0 Å². The van der Waals surface area contributed by atoms with Crippen molar-refractivity contribution >= 4 is 95.1 Å². The van der Waals surface area contributed by atoms with Crippen LogP contribution in [-0.2, 0) is 6.42 Å². The molecule has 4 heterocycles. The zero-order chi connectivity index (χ0) is 24.1. The highest BCUT2D eigenvalue weighted by atomic mass is 32.1. The number of hydrogen-bond acceptors (Lipinski definition) is 4. The zero-order valence-electron chi connectivity index (χ0n) is 20.4. The first-order chi connectivity index (χ1) is 17.8. The second kappa shape index (κ2) is 9.57. The Morgan fingerprint density at radius 2 is 1.28 bits per heavy atom. The number of unbranched alkanes of at least 4 members (excludes halogenated alkanes) is 5. The molecule has 0 saturated heterocycles. The normalized spacial score (nSPS) is 12.2. The molecular formula is C32H28S4. The van der Waals surface area contributed by atoms with Gasteiger partial charge in [0.1, 0.15) is 0 Å². The summed E-state index contributed by atoms with van der Waals surface area (Å²) in [6.07, 6.45) is 9.37. The number of benzene rings is 3. The zero-order valence-corrected chi connectivity index (χ0v) is 23.7. The maximum Gasteiger partial charge on any atom is 0.0542 e. The van der Waals surface area contributed by atoms with Crippen molar-refractivity contribution in [1.82, 2.24) is 0 Å². The van der Waals surface area contributed by atoms with Gasteiger partial charge in [0.2, 0.25) is 0 Å². The quantitative estimate of drug-likeness (QED) is 0.168.